The van der Waals surface area contributed by atoms with Crippen LogP contribution in [0.2, 0.25) is 0 Å². The Kier molecular flexibility index (Phi) is 18.8. The van der Waals surface area contributed by atoms with E-state index in [2.05, 4.69) is 22.9 Å². The lowest BCUT2D eigenvalue weighted by molar-refractivity contribution is -0.148. The smallest absolute Gasteiger partial charge is 0.246 e. The van der Waals surface area contributed by atoms with Crippen molar-refractivity contribution in [3.05, 3.63) is 0 Å². The molecule has 46 heavy (non-hydrogen) atoms. The third-order valence-electron chi connectivity index (χ3n) is 9.72. The molecule has 2 heterocycles. The number of hydrogen-bond acceptors (Lipinski definition) is 6. The minimum absolute atomic E-state index is 0.109. The molecule has 2 saturated heterocycles. The van der Waals surface area contributed by atoms with Gasteiger partial charge in [-0.2, -0.15) is 0 Å². The Morgan fingerprint density at radius 3 is 1.96 bits per heavy atom. The lowest BCUT2D eigenvalue weighted by atomic mass is 9.93. The van der Waals surface area contributed by atoms with E-state index in [1.54, 1.807) is 4.90 Å². The van der Waals surface area contributed by atoms with Gasteiger partial charge >= 0.3 is 0 Å². The van der Waals surface area contributed by atoms with Gasteiger partial charge in [0.1, 0.15) is 35.7 Å². The number of piperidine rings is 1. The molecule has 2 rings (SSSR count). The number of carbonyl (C=O) groups is 6. The predicted octanol–water partition coefficient (Wildman–Crippen LogP) is 5.30. The highest BCUT2D eigenvalue weighted by atomic mass is 16.2. The van der Waals surface area contributed by atoms with Gasteiger partial charge in [-0.15, -0.1) is 0 Å². The number of nitrogens with one attached hydrogen (secondary N) is 3. The highest BCUT2D eigenvalue weighted by Gasteiger charge is 2.41. The molecule has 0 aromatic rings. The Balaban J connectivity index is 2.21. The van der Waals surface area contributed by atoms with Crippen molar-refractivity contribution >= 4 is 35.2 Å². The van der Waals surface area contributed by atoms with Gasteiger partial charge in [0.2, 0.25) is 23.6 Å². The zero-order valence-corrected chi connectivity index (χ0v) is 29.1. The van der Waals surface area contributed by atoms with Crippen molar-refractivity contribution in [2.24, 2.45) is 5.92 Å². The maximum absolute atomic E-state index is 13.9. The molecule has 5 atom stereocenters. The molecule has 0 unspecified atom stereocenters. The zero-order chi connectivity index (χ0) is 33.9. The number of unbranched alkanes of at least 4 members (excludes halogenated alkanes) is 9. The summed E-state index contributed by atoms with van der Waals surface area (Å²) in [5.74, 6) is -1.84. The van der Waals surface area contributed by atoms with Gasteiger partial charge in [0.25, 0.3) is 0 Å². The van der Waals surface area contributed by atoms with Crippen LogP contribution in [0.1, 0.15) is 156 Å². The molecule has 4 amide bonds. The van der Waals surface area contributed by atoms with E-state index < -0.39 is 36.0 Å². The molecule has 0 aliphatic carbocycles. The summed E-state index contributed by atoms with van der Waals surface area (Å²) >= 11 is 0. The fraction of sp³-hybridized carbons (Fsp3) is 0.833. The SMILES string of the molecule is CCCCCCCCCCC(=O)C[C@@H]1NC(=O)[C@H](CCCCCC(=O)CC)NC(=O)[C@H]2CCCCN2C(=O)[C@H]([C@H](C)CC)NC1=O. The molecule has 0 aromatic heterocycles. The lowest BCUT2D eigenvalue weighted by Gasteiger charge is -2.39. The molecule has 2 fully saturated rings. The van der Waals surface area contributed by atoms with Crippen LogP contribution in [0.25, 0.3) is 0 Å². The fourth-order valence-corrected chi connectivity index (χ4v) is 6.41. The predicted molar refractivity (Wildman–Crippen MR) is 180 cm³/mol. The molecule has 0 spiro atoms. The second-order valence-electron chi connectivity index (χ2n) is 13.5. The second kappa shape index (κ2) is 21.9. The van der Waals surface area contributed by atoms with Crippen molar-refractivity contribution in [2.75, 3.05) is 6.54 Å². The Bertz CT molecular complexity index is 1000. The highest BCUT2D eigenvalue weighted by molar-refractivity contribution is 5.99. The average molecular weight is 647 g/mol. The van der Waals surface area contributed by atoms with E-state index in [0.717, 1.165) is 44.9 Å². The van der Waals surface area contributed by atoms with Crippen LogP contribution in [0, 0.1) is 5.92 Å². The largest absolute Gasteiger partial charge is 0.343 e. The fourth-order valence-electron chi connectivity index (χ4n) is 6.41. The van der Waals surface area contributed by atoms with E-state index in [1.807, 2.05) is 20.8 Å². The van der Waals surface area contributed by atoms with Crippen molar-refractivity contribution < 1.29 is 28.8 Å². The monoisotopic (exact) mass is 646 g/mol. The molecule has 2 aliphatic rings. The second-order valence-corrected chi connectivity index (χ2v) is 13.5. The first-order valence-electron chi connectivity index (χ1n) is 18.4. The third kappa shape index (κ3) is 13.5. The number of ketones is 2. The summed E-state index contributed by atoms with van der Waals surface area (Å²) in [6.45, 7) is 8.26. The van der Waals surface area contributed by atoms with Crippen molar-refractivity contribution in [2.45, 2.75) is 180 Å². The Morgan fingerprint density at radius 2 is 1.30 bits per heavy atom. The maximum atomic E-state index is 13.9. The standard InChI is InChI=1S/C36H62N4O6/c1-5-8-9-10-11-12-13-15-21-28(42)25-30-34(44)39-32(26(4)6-2)36(46)40-24-19-18-23-31(40)35(45)37-29(33(43)38-30)22-17-14-16-20-27(41)7-3/h26,29-32H,5-25H2,1-4H3,(H,37,45)(H,38,43)(H,39,44)/t26-,29+,30+,31-,32+/m1/s1. The highest BCUT2D eigenvalue weighted by Crippen LogP contribution is 2.22. The first-order chi connectivity index (χ1) is 22.1. The van der Waals surface area contributed by atoms with E-state index in [0.29, 0.717) is 57.9 Å². The van der Waals surface area contributed by atoms with Gasteiger partial charge in [-0.25, -0.2) is 0 Å². The molecule has 10 nitrogen and oxygen atoms in total. The van der Waals surface area contributed by atoms with Crippen LogP contribution in [0.4, 0.5) is 0 Å². The number of carbonyl (C=O) groups excluding carboxylic acids is 6. The molecular formula is C36H62N4O6. The van der Waals surface area contributed by atoms with Crippen molar-refractivity contribution in [3.63, 3.8) is 0 Å². The molecule has 0 saturated carbocycles. The van der Waals surface area contributed by atoms with Crippen LogP contribution in [-0.4, -0.2) is 70.8 Å². The lowest BCUT2D eigenvalue weighted by Crippen LogP contribution is -2.64. The summed E-state index contributed by atoms with van der Waals surface area (Å²) < 4.78 is 0. The zero-order valence-electron chi connectivity index (χ0n) is 29.1. The van der Waals surface area contributed by atoms with Crippen LogP contribution in [0.5, 0.6) is 0 Å². The molecule has 262 valence electrons. The first-order valence-corrected chi connectivity index (χ1v) is 18.4. The summed E-state index contributed by atoms with van der Waals surface area (Å²) in [5.41, 5.74) is 0. The Morgan fingerprint density at radius 1 is 0.717 bits per heavy atom. The van der Waals surface area contributed by atoms with Gasteiger partial charge in [0.05, 0.1) is 0 Å². The third-order valence-corrected chi connectivity index (χ3v) is 9.72. The summed E-state index contributed by atoms with van der Waals surface area (Å²) in [4.78, 5) is 81.4. The quantitative estimate of drug-likeness (QED) is 0.153. The molecule has 0 radical (unpaired) electrons. The average Bonchev–Trinajstić information content (AvgIpc) is 3.05. The van der Waals surface area contributed by atoms with E-state index in [1.165, 1.54) is 25.7 Å². The minimum atomic E-state index is -1.15. The number of Topliss-reactive ketones (excluding diaryl/α,β-unsaturated/α-hetero) is 2. The van der Waals surface area contributed by atoms with Crippen molar-refractivity contribution in [1.82, 2.24) is 20.9 Å². The van der Waals surface area contributed by atoms with Gasteiger partial charge in [0.15, 0.2) is 0 Å². The molecule has 3 N–H and O–H groups in total. The molecule has 0 aromatic carbocycles. The number of rotatable bonds is 20. The summed E-state index contributed by atoms with van der Waals surface area (Å²) in [6, 6.07) is -3.65. The number of nitrogens with zero attached hydrogens (tertiary/aromatic N) is 1. The maximum Gasteiger partial charge on any atom is 0.246 e. The van der Waals surface area contributed by atoms with Gasteiger partial charge in [-0.3, -0.25) is 28.8 Å². The Labute approximate surface area is 277 Å². The van der Waals surface area contributed by atoms with E-state index in [4.69, 9.17) is 0 Å². The van der Waals surface area contributed by atoms with Crippen molar-refractivity contribution in [3.8, 4) is 0 Å². The van der Waals surface area contributed by atoms with Crippen molar-refractivity contribution in [1.29, 1.82) is 0 Å². The number of amides is 4. The molecule has 10 heteroatoms. The number of hydrogen-bond donors (Lipinski definition) is 3. The van der Waals surface area contributed by atoms with Crippen LogP contribution in [0.3, 0.4) is 0 Å². The van der Waals surface area contributed by atoms with Gasteiger partial charge < -0.3 is 20.9 Å². The molecule has 2 aliphatic heterocycles. The van der Waals surface area contributed by atoms with E-state index >= 15 is 0 Å². The Hall–Kier alpha value is -2.78. The van der Waals surface area contributed by atoms with Gasteiger partial charge in [0, 0.05) is 32.2 Å². The number of fused-ring (bicyclic) bond motifs is 1. The van der Waals surface area contributed by atoms with E-state index in [9.17, 15) is 28.8 Å². The van der Waals surface area contributed by atoms with Crippen LogP contribution in [-0.2, 0) is 28.8 Å². The van der Waals surface area contributed by atoms with Gasteiger partial charge in [-0.05, 0) is 44.4 Å². The summed E-state index contributed by atoms with van der Waals surface area (Å²) in [6.07, 6.45) is 15.0. The van der Waals surface area contributed by atoms with Gasteiger partial charge in [-0.1, -0.05) is 91.9 Å². The van der Waals surface area contributed by atoms with Crippen LogP contribution in [0.15, 0.2) is 0 Å². The summed E-state index contributed by atoms with van der Waals surface area (Å²) in [7, 11) is 0. The molecular weight excluding hydrogens is 584 g/mol. The summed E-state index contributed by atoms with van der Waals surface area (Å²) in [5, 5.41) is 8.57. The topological polar surface area (TPSA) is 142 Å². The van der Waals surface area contributed by atoms with Crippen LogP contribution >= 0.6 is 0 Å². The minimum Gasteiger partial charge on any atom is -0.343 e. The van der Waals surface area contributed by atoms with E-state index in [-0.39, 0.29) is 35.7 Å². The first kappa shape index (κ1) is 39.4. The van der Waals surface area contributed by atoms with Crippen LogP contribution < -0.4 is 16.0 Å². The normalized spacial score (nSPS) is 23.3. The molecule has 0 bridgehead atoms.